The second-order valence-electron chi connectivity index (χ2n) is 6.28. The van der Waals surface area contributed by atoms with Gasteiger partial charge in [-0.15, -0.1) is 10.2 Å². The maximum absolute atomic E-state index is 6.59. The molecule has 1 atom stereocenters. The summed E-state index contributed by atoms with van der Waals surface area (Å²) in [6.45, 7) is 1.87. The van der Waals surface area contributed by atoms with Crippen LogP contribution in [0.4, 0.5) is 5.95 Å². The van der Waals surface area contributed by atoms with Gasteiger partial charge in [0.2, 0.25) is 5.95 Å². The van der Waals surface area contributed by atoms with E-state index in [0.717, 1.165) is 32.4 Å². The fraction of sp³-hybridized carbons (Fsp3) is 0.438. The second-order valence-corrected chi connectivity index (χ2v) is 7.10. The molecule has 0 saturated carbocycles. The predicted octanol–water partition coefficient (Wildman–Crippen LogP) is 2.48. The van der Waals surface area contributed by atoms with Gasteiger partial charge in [-0.3, -0.25) is 0 Å². The summed E-state index contributed by atoms with van der Waals surface area (Å²) in [6, 6.07) is 8.76. The molecule has 0 unspecified atom stereocenters. The third-order valence-corrected chi connectivity index (χ3v) is 5.52. The van der Waals surface area contributed by atoms with Crippen LogP contribution in [-0.4, -0.2) is 28.3 Å². The fourth-order valence-corrected chi connectivity index (χ4v) is 4.04. The lowest BCUT2D eigenvalue weighted by Gasteiger charge is -2.42. The Hall–Kier alpha value is -1.53. The van der Waals surface area contributed by atoms with Crippen molar-refractivity contribution in [3.8, 4) is 0 Å². The van der Waals surface area contributed by atoms with Crippen molar-refractivity contribution in [3.05, 3.63) is 46.2 Å². The molecule has 1 saturated heterocycles. The van der Waals surface area contributed by atoms with Gasteiger partial charge in [0.15, 0.2) is 0 Å². The Labute approximate surface area is 138 Å². The molecule has 0 radical (unpaired) electrons. The van der Waals surface area contributed by atoms with Crippen molar-refractivity contribution in [2.24, 2.45) is 11.1 Å². The Morgan fingerprint density at radius 2 is 1.95 bits per heavy atom. The van der Waals surface area contributed by atoms with Crippen molar-refractivity contribution in [1.29, 1.82) is 0 Å². The normalized spacial score (nSPS) is 22.8. The van der Waals surface area contributed by atoms with Crippen LogP contribution in [0.1, 0.15) is 30.0 Å². The van der Waals surface area contributed by atoms with Crippen LogP contribution in [-0.2, 0) is 6.42 Å². The molecule has 5 nitrogen and oxygen atoms in total. The molecule has 0 bridgehead atoms. The summed E-state index contributed by atoms with van der Waals surface area (Å²) < 4.78 is 0.665. The first-order valence-electron chi connectivity index (χ1n) is 7.61. The van der Waals surface area contributed by atoms with Crippen molar-refractivity contribution >= 4 is 21.9 Å². The number of benzene rings is 1. The summed E-state index contributed by atoms with van der Waals surface area (Å²) in [5.41, 5.74) is 9.54. The number of fused-ring (bicyclic) bond motifs is 1. The third-order valence-electron chi connectivity index (χ3n) is 5.16. The molecule has 1 aromatic heterocycles. The third kappa shape index (κ3) is 2.21. The Balaban J connectivity index is 1.52. The zero-order chi connectivity index (χ0) is 15.2. The van der Waals surface area contributed by atoms with Gasteiger partial charge in [-0.25, -0.2) is 4.98 Å². The summed E-state index contributed by atoms with van der Waals surface area (Å²) in [6.07, 6.45) is 4.94. The molecule has 2 heterocycles. The molecule has 114 valence electrons. The zero-order valence-corrected chi connectivity index (χ0v) is 13.8. The highest BCUT2D eigenvalue weighted by Crippen LogP contribution is 2.50. The standard InChI is InChI=1S/C16H18BrN5/c17-13-10-19-15(21-20-13)22-7-5-16(6-8-22)9-11-3-1-2-4-12(11)14(16)18/h1-4,10,14H,5-9,18H2/t14-/m1/s1. The van der Waals surface area contributed by atoms with Gasteiger partial charge in [0.25, 0.3) is 0 Å². The summed E-state index contributed by atoms with van der Waals surface area (Å²) in [5.74, 6) is 0.710. The van der Waals surface area contributed by atoms with Crippen LogP contribution in [0.2, 0.25) is 0 Å². The van der Waals surface area contributed by atoms with Gasteiger partial charge in [0.1, 0.15) is 4.60 Å². The first-order valence-corrected chi connectivity index (χ1v) is 8.41. The van der Waals surface area contributed by atoms with Gasteiger partial charge < -0.3 is 10.6 Å². The summed E-state index contributed by atoms with van der Waals surface area (Å²) in [5, 5.41) is 8.19. The Morgan fingerprint density at radius 1 is 1.18 bits per heavy atom. The van der Waals surface area contributed by atoms with Crippen molar-refractivity contribution in [2.45, 2.75) is 25.3 Å². The number of halogens is 1. The molecule has 22 heavy (non-hydrogen) atoms. The molecule has 2 aliphatic rings. The number of hydrogen-bond donors (Lipinski definition) is 1. The molecule has 2 N–H and O–H groups in total. The van der Waals surface area contributed by atoms with E-state index in [1.54, 1.807) is 6.20 Å². The number of piperidine rings is 1. The lowest BCUT2D eigenvalue weighted by Crippen LogP contribution is -2.45. The maximum Gasteiger partial charge on any atom is 0.245 e. The highest BCUT2D eigenvalue weighted by atomic mass is 79.9. The highest BCUT2D eigenvalue weighted by molar-refractivity contribution is 9.10. The van der Waals surface area contributed by atoms with Gasteiger partial charge in [-0.05, 0) is 51.7 Å². The predicted molar refractivity (Wildman–Crippen MR) is 88.5 cm³/mol. The molecule has 4 rings (SSSR count). The number of anilines is 1. The second kappa shape index (κ2) is 5.28. The Kier molecular flexibility index (Phi) is 3.38. The van der Waals surface area contributed by atoms with Gasteiger partial charge in [-0.2, -0.15) is 0 Å². The van der Waals surface area contributed by atoms with Gasteiger partial charge in [-0.1, -0.05) is 24.3 Å². The number of nitrogens with two attached hydrogens (primary N) is 1. The minimum absolute atomic E-state index is 0.148. The number of nitrogens with zero attached hydrogens (tertiary/aromatic N) is 4. The average molecular weight is 360 g/mol. The largest absolute Gasteiger partial charge is 0.339 e. The number of rotatable bonds is 1. The maximum atomic E-state index is 6.59. The van der Waals surface area contributed by atoms with Crippen molar-refractivity contribution in [3.63, 3.8) is 0 Å². The zero-order valence-electron chi connectivity index (χ0n) is 12.2. The Morgan fingerprint density at radius 3 is 2.64 bits per heavy atom. The Bertz CT molecular complexity index is 679. The highest BCUT2D eigenvalue weighted by Gasteiger charge is 2.45. The first kappa shape index (κ1) is 14.1. The molecular weight excluding hydrogens is 342 g/mol. The van der Waals surface area contributed by atoms with Crippen molar-refractivity contribution in [2.75, 3.05) is 18.0 Å². The summed E-state index contributed by atoms with van der Waals surface area (Å²) in [4.78, 5) is 6.56. The van der Waals surface area contributed by atoms with E-state index >= 15 is 0 Å². The van der Waals surface area contributed by atoms with Gasteiger partial charge in [0.05, 0.1) is 6.20 Å². The smallest absolute Gasteiger partial charge is 0.245 e. The van der Waals surface area contributed by atoms with Crippen molar-refractivity contribution in [1.82, 2.24) is 15.2 Å². The van der Waals surface area contributed by atoms with E-state index < -0.39 is 0 Å². The molecule has 2 aromatic rings. The lowest BCUT2D eigenvalue weighted by atomic mass is 9.73. The van der Waals surface area contributed by atoms with Crippen molar-refractivity contribution < 1.29 is 0 Å². The van der Waals surface area contributed by atoms with Crippen LogP contribution >= 0.6 is 15.9 Å². The molecule has 6 heteroatoms. The van der Waals surface area contributed by atoms with Crippen LogP contribution in [0, 0.1) is 5.41 Å². The number of hydrogen-bond acceptors (Lipinski definition) is 5. The molecule has 1 spiro atoms. The number of aromatic nitrogens is 3. The summed E-state index contributed by atoms with van der Waals surface area (Å²) >= 11 is 3.27. The van der Waals surface area contributed by atoms with Crippen LogP contribution in [0.25, 0.3) is 0 Å². The minimum atomic E-state index is 0.148. The summed E-state index contributed by atoms with van der Waals surface area (Å²) in [7, 11) is 0. The molecule has 1 aliphatic heterocycles. The molecule has 1 aliphatic carbocycles. The van der Waals surface area contributed by atoms with E-state index in [2.05, 4.69) is 60.3 Å². The van der Waals surface area contributed by atoms with Crippen LogP contribution in [0.3, 0.4) is 0 Å². The van der Waals surface area contributed by atoms with E-state index in [0.29, 0.717) is 10.6 Å². The van der Waals surface area contributed by atoms with E-state index in [-0.39, 0.29) is 11.5 Å². The molecular formula is C16H18BrN5. The van der Waals surface area contributed by atoms with E-state index in [4.69, 9.17) is 5.73 Å². The molecule has 0 amide bonds. The monoisotopic (exact) mass is 359 g/mol. The minimum Gasteiger partial charge on any atom is -0.339 e. The van der Waals surface area contributed by atoms with Crippen LogP contribution in [0.5, 0.6) is 0 Å². The first-order chi connectivity index (χ1) is 10.7. The molecule has 1 aromatic carbocycles. The van der Waals surface area contributed by atoms with E-state index in [9.17, 15) is 0 Å². The average Bonchev–Trinajstić information content (AvgIpc) is 2.82. The molecule has 1 fully saturated rings. The van der Waals surface area contributed by atoms with E-state index in [1.165, 1.54) is 11.1 Å². The lowest BCUT2D eigenvalue weighted by molar-refractivity contribution is 0.187. The van der Waals surface area contributed by atoms with Gasteiger partial charge >= 0.3 is 0 Å². The van der Waals surface area contributed by atoms with Crippen LogP contribution in [0.15, 0.2) is 35.1 Å². The van der Waals surface area contributed by atoms with Gasteiger partial charge in [0, 0.05) is 19.1 Å². The SMILES string of the molecule is N[C@@H]1c2ccccc2CC12CCN(c1ncc(Br)nn1)CC2. The van der Waals surface area contributed by atoms with Crippen LogP contribution < -0.4 is 10.6 Å². The topological polar surface area (TPSA) is 67.9 Å². The quantitative estimate of drug-likeness (QED) is 0.846. The van der Waals surface area contributed by atoms with E-state index in [1.807, 2.05) is 0 Å². The fourth-order valence-electron chi connectivity index (χ4n) is 3.86.